The Balaban J connectivity index is 1.71. The van der Waals surface area contributed by atoms with Crippen molar-refractivity contribution in [2.75, 3.05) is 0 Å². The number of nitrogens with one attached hydrogen (secondary N) is 1. The quantitative estimate of drug-likeness (QED) is 0.856. The summed E-state index contributed by atoms with van der Waals surface area (Å²) in [6, 6.07) is 5.72. The lowest BCUT2D eigenvalue weighted by Gasteiger charge is -2.24. The van der Waals surface area contributed by atoms with E-state index in [4.69, 9.17) is 0 Å². The number of aromatic nitrogens is 2. The van der Waals surface area contributed by atoms with Gasteiger partial charge in [-0.2, -0.15) is 8.75 Å². The van der Waals surface area contributed by atoms with Crippen LogP contribution in [0.3, 0.4) is 0 Å². The minimum Gasteiger partial charge on any atom is -0.349 e. The summed E-state index contributed by atoms with van der Waals surface area (Å²) in [5, 5.41) is 3.09. The van der Waals surface area contributed by atoms with Crippen LogP contribution >= 0.6 is 11.7 Å². The fraction of sp³-hybridized carbons (Fsp3) is 0.357. The van der Waals surface area contributed by atoms with Crippen LogP contribution in [0.1, 0.15) is 36.0 Å². The minimum atomic E-state index is -0.0209. The molecule has 1 aliphatic carbocycles. The standard InChI is InChI=1S/C14H15N3OS/c1-9-2-5-11(6-3-9)15-14(18)10-4-7-12-13(8-10)17-19-16-12/h4,7-8,11H,1-3,5-6H2,(H,15,18). The number of rotatable bonds is 2. The molecule has 2 aromatic rings. The van der Waals surface area contributed by atoms with E-state index in [0.29, 0.717) is 5.56 Å². The highest BCUT2D eigenvalue weighted by atomic mass is 32.1. The number of benzene rings is 1. The maximum absolute atomic E-state index is 12.2. The molecule has 1 amide bonds. The summed E-state index contributed by atoms with van der Waals surface area (Å²) in [5.74, 6) is -0.0209. The number of nitrogens with zero attached hydrogens (tertiary/aromatic N) is 2. The first-order valence-corrected chi connectivity index (χ1v) is 7.15. The average Bonchev–Trinajstić information content (AvgIpc) is 2.88. The van der Waals surface area contributed by atoms with E-state index in [0.717, 1.165) is 36.7 Å². The van der Waals surface area contributed by atoms with Gasteiger partial charge in [0.1, 0.15) is 11.0 Å². The molecular formula is C14H15N3OS. The highest BCUT2D eigenvalue weighted by molar-refractivity contribution is 7.00. The number of allylic oxidation sites excluding steroid dienone is 1. The fourth-order valence-corrected chi connectivity index (χ4v) is 2.88. The van der Waals surface area contributed by atoms with Crippen LogP contribution in [0.5, 0.6) is 0 Å². The van der Waals surface area contributed by atoms with Crippen molar-refractivity contribution in [2.45, 2.75) is 31.7 Å². The molecule has 0 atom stereocenters. The van der Waals surface area contributed by atoms with Crippen molar-refractivity contribution < 1.29 is 4.79 Å². The van der Waals surface area contributed by atoms with E-state index in [9.17, 15) is 4.79 Å². The first-order valence-electron chi connectivity index (χ1n) is 6.42. The van der Waals surface area contributed by atoms with E-state index in [1.54, 1.807) is 12.1 Å². The molecule has 0 bridgehead atoms. The summed E-state index contributed by atoms with van der Waals surface area (Å²) in [6.07, 6.45) is 4.01. The predicted molar refractivity (Wildman–Crippen MR) is 76.3 cm³/mol. The lowest BCUT2D eigenvalue weighted by Crippen LogP contribution is -2.36. The topological polar surface area (TPSA) is 54.9 Å². The molecule has 3 rings (SSSR count). The van der Waals surface area contributed by atoms with Gasteiger partial charge in [0, 0.05) is 11.6 Å². The Morgan fingerprint density at radius 3 is 2.79 bits per heavy atom. The van der Waals surface area contributed by atoms with E-state index >= 15 is 0 Å². The number of carbonyl (C=O) groups excluding carboxylic acids is 1. The van der Waals surface area contributed by atoms with E-state index < -0.39 is 0 Å². The molecule has 98 valence electrons. The molecule has 1 N–H and O–H groups in total. The lowest BCUT2D eigenvalue weighted by molar-refractivity contribution is 0.0930. The summed E-state index contributed by atoms with van der Waals surface area (Å²) in [6.45, 7) is 3.99. The van der Waals surface area contributed by atoms with Crippen LogP contribution in [0.2, 0.25) is 0 Å². The van der Waals surface area contributed by atoms with Crippen molar-refractivity contribution in [1.82, 2.24) is 14.1 Å². The normalized spacial score (nSPS) is 16.7. The van der Waals surface area contributed by atoms with Crippen molar-refractivity contribution in [3.8, 4) is 0 Å². The zero-order chi connectivity index (χ0) is 13.2. The smallest absolute Gasteiger partial charge is 0.251 e. The molecule has 19 heavy (non-hydrogen) atoms. The van der Waals surface area contributed by atoms with Crippen molar-refractivity contribution >= 4 is 28.7 Å². The largest absolute Gasteiger partial charge is 0.349 e. The summed E-state index contributed by atoms with van der Waals surface area (Å²) in [7, 11) is 0. The van der Waals surface area contributed by atoms with Gasteiger partial charge in [0.2, 0.25) is 0 Å². The van der Waals surface area contributed by atoms with Gasteiger partial charge < -0.3 is 5.32 Å². The number of carbonyl (C=O) groups is 1. The maximum atomic E-state index is 12.2. The summed E-state index contributed by atoms with van der Waals surface area (Å²) >= 11 is 1.17. The van der Waals surface area contributed by atoms with Gasteiger partial charge in [-0.3, -0.25) is 4.79 Å². The molecule has 4 nitrogen and oxygen atoms in total. The molecular weight excluding hydrogens is 258 g/mol. The van der Waals surface area contributed by atoms with Crippen LogP contribution in [0, 0.1) is 0 Å². The fourth-order valence-electron chi connectivity index (χ4n) is 2.36. The number of fused-ring (bicyclic) bond motifs is 1. The van der Waals surface area contributed by atoms with Crippen molar-refractivity contribution in [1.29, 1.82) is 0 Å². The third-order valence-electron chi connectivity index (χ3n) is 3.54. The van der Waals surface area contributed by atoms with Gasteiger partial charge in [0.25, 0.3) is 5.91 Å². The third-order valence-corrected chi connectivity index (χ3v) is 4.10. The molecule has 1 fully saturated rings. The van der Waals surface area contributed by atoms with Crippen molar-refractivity contribution in [2.24, 2.45) is 0 Å². The van der Waals surface area contributed by atoms with Gasteiger partial charge >= 0.3 is 0 Å². The monoisotopic (exact) mass is 273 g/mol. The Morgan fingerprint density at radius 2 is 2.00 bits per heavy atom. The summed E-state index contributed by atoms with van der Waals surface area (Å²) in [4.78, 5) is 12.2. The summed E-state index contributed by atoms with van der Waals surface area (Å²) in [5.41, 5.74) is 3.58. The molecule has 5 heteroatoms. The van der Waals surface area contributed by atoms with Gasteiger partial charge in [-0.1, -0.05) is 12.2 Å². The van der Waals surface area contributed by atoms with Gasteiger partial charge in [-0.15, -0.1) is 0 Å². The van der Waals surface area contributed by atoms with Gasteiger partial charge in [0.05, 0.1) is 11.7 Å². The van der Waals surface area contributed by atoms with Crippen LogP contribution in [0.15, 0.2) is 30.4 Å². The Labute approximate surface area is 115 Å². The van der Waals surface area contributed by atoms with Crippen LogP contribution in [0.25, 0.3) is 11.0 Å². The minimum absolute atomic E-state index is 0.0209. The molecule has 1 heterocycles. The highest BCUT2D eigenvalue weighted by Gasteiger charge is 2.18. The Morgan fingerprint density at radius 1 is 1.26 bits per heavy atom. The Kier molecular flexibility index (Phi) is 3.29. The second-order valence-corrected chi connectivity index (χ2v) is 5.49. The Hall–Kier alpha value is -1.75. The lowest BCUT2D eigenvalue weighted by atomic mass is 9.92. The molecule has 0 spiro atoms. The second-order valence-electron chi connectivity index (χ2n) is 4.97. The predicted octanol–water partition coefficient (Wildman–Crippen LogP) is 2.92. The van der Waals surface area contributed by atoms with Crippen LogP contribution in [-0.2, 0) is 0 Å². The Bertz CT molecular complexity index is 624. The van der Waals surface area contributed by atoms with Crippen LogP contribution < -0.4 is 5.32 Å². The zero-order valence-corrected chi connectivity index (χ0v) is 11.4. The molecule has 0 radical (unpaired) electrons. The van der Waals surface area contributed by atoms with Crippen LogP contribution in [-0.4, -0.2) is 20.7 Å². The first-order chi connectivity index (χ1) is 9.22. The maximum Gasteiger partial charge on any atom is 0.251 e. The number of amides is 1. The average molecular weight is 273 g/mol. The van der Waals surface area contributed by atoms with E-state index in [1.165, 1.54) is 17.3 Å². The van der Waals surface area contributed by atoms with E-state index in [-0.39, 0.29) is 11.9 Å². The van der Waals surface area contributed by atoms with E-state index in [2.05, 4.69) is 20.6 Å². The number of hydrogen-bond donors (Lipinski definition) is 1. The highest BCUT2D eigenvalue weighted by Crippen LogP contribution is 2.22. The van der Waals surface area contributed by atoms with Gasteiger partial charge in [0.15, 0.2) is 0 Å². The first kappa shape index (κ1) is 12.3. The molecule has 1 aliphatic rings. The molecule has 0 unspecified atom stereocenters. The molecule has 1 saturated carbocycles. The molecule has 0 saturated heterocycles. The molecule has 1 aromatic heterocycles. The molecule has 0 aliphatic heterocycles. The molecule has 1 aromatic carbocycles. The van der Waals surface area contributed by atoms with Gasteiger partial charge in [-0.25, -0.2) is 0 Å². The van der Waals surface area contributed by atoms with E-state index in [1.807, 2.05) is 6.07 Å². The van der Waals surface area contributed by atoms with Gasteiger partial charge in [-0.05, 0) is 43.9 Å². The number of hydrogen-bond acceptors (Lipinski definition) is 4. The van der Waals surface area contributed by atoms with Crippen molar-refractivity contribution in [3.63, 3.8) is 0 Å². The second kappa shape index (κ2) is 5.09. The van der Waals surface area contributed by atoms with Crippen LogP contribution in [0.4, 0.5) is 0 Å². The van der Waals surface area contributed by atoms with Crippen molar-refractivity contribution in [3.05, 3.63) is 35.9 Å². The SMILES string of the molecule is C=C1CCC(NC(=O)c2ccc3nsnc3c2)CC1. The third kappa shape index (κ3) is 2.66. The summed E-state index contributed by atoms with van der Waals surface area (Å²) < 4.78 is 8.29. The zero-order valence-electron chi connectivity index (χ0n) is 10.6.